The van der Waals surface area contributed by atoms with Gasteiger partial charge in [-0.1, -0.05) is 235 Å². The van der Waals surface area contributed by atoms with Crippen LogP contribution < -0.4 is 0 Å². The highest BCUT2D eigenvalue weighted by Gasteiger charge is 2.19. The number of ether oxygens (including phenoxy) is 3. The fraction of sp³-hybridized carbons (Fsp3) is 0.758. The van der Waals surface area contributed by atoms with Crippen molar-refractivity contribution in [3.05, 3.63) is 72.9 Å². The van der Waals surface area contributed by atoms with Crippen molar-refractivity contribution in [2.75, 3.05) is 13.2 Å². The maximum Gasteiger partial charge on any atom is 0.306 e. The number of unbranched alkanes of at least 4 members (excludes halogenated alkanes) is 29. The first-order valence-corrected chi connectivity index (χ1v) is 28.9. The van der Waals surface area contributed by atoms with Gasteiger partial charge < -0.3 is 14.2 Å². The highest BCUT2D eigenvalue weighted by atomic mass is 16.6. The molecule has 0 N–H and O–H groups in total. The molecule has 6 heteroatoms. The summed E-state index contributed by atoms with van der Waals surface area (Å²) in [7, 11) is 0. The summed E-state index contributed by atoms with van der Waals surface area (Å²) in [4.78, 5) is 38.0. The van der Waals surface area contributed by atoms with Crippen molar-refractivity contribution in [1.82, 2.24) is 0 Å². The summed E-state index contributed by atoms with van der Waals surface area (Å²) in [5.41, 5.74) is 0. The van der Waals surface area contributed by atoms with E-state index in [9.17, 15) is 14.4 Å². The van der Waals surface area contributed by atoms with E-state index in [1.165, 1.54) is 128 Å². The third-order valence-corrected chi connectivity index (χ3v) is 12.4. The van der Waals surface area contributed by atoms with Gasteiger partial charge in [-0.3, -0.25) is 14.4 Å². The van der Waals surface area contributed by atoms with E-state index in [1.54, 1.807) is 0 Å². The van der Waals surface area contributed by atoms with Crippen LogP contribution in [-0.2, 0) is 28.6 Å². The van der Waals surface area contributed by atoms with E-state index in [1.807, 2.05) is 0 Å². The maximum atomic E-state index is 12.8. The molecule has 0 radical (unpaired) electrons. The number of allylic oxidation sites excluding steroid dienone is 12. The van der Waals surface area contributed by atoms with Crippen LogP contribution in [0.15, 0.2) is 72.9 Å². The zero-order chi connectivity index (χ0) is 49.3. The average molecular weight is 950 g/mol. The SMILES string of the molecule is CCC/C=C\C/C=C\CCCCCCCC(=O)OC(COC(=O)CCCCCCC/C=C\CCC)COC(=O)CCCCCCCCCCCCCC/C=C\C/C=C\C/C=C\CCCCCCC. The molecule has 0 aliphatic carbocycles. The van der Waals surface area contributed by atoms with Crippen LogP contribution in [0.4, 0.5) is 0 Å². The van der Waals surface area contributed by atoms with E-state index >= 15 is 0 Å². The molecule has 0 aromatic rings. The molecular weight excluding hydrogens is 841 g/mol. The molecule has 1 atom stereocenters. The quantitative estimate of drug-likeness (QED) is 0.0262. The van der Waals surface area contributed by atoms with Gasteiger partial charge in [-0.2, -0.15) is 0 Å². The zero-order valence-corrected chi connectivity index (χ0v) is 44.9. The third kappa shape index (κ3) is 53.8. The molecule has 0 spiro atoms. The Labute approximate surface area is 421 Å². The largest absolute Gasteiger partial charge is 0.462 e. The van der Waals surface area contributed by atoms with E-state index in [-0.39, 0.29) is 31.1 Å². The van der Waals surface area contributed by atoms with Crippen molar-refractivity contribution in [2.24, 2.45) is 0 Å². The first-order valence-electron chi connectivity index (χ1n) is 28.9. The maximum absolute atomic E-state index is 12.8. The van der Waals surface area contributed by atoms with Crippen molar-refractivity contribution in [2.45, 2.75) is 290 Å². The van der Waals surface area contributed by atoms with Gasteiger partial charge in [-0.15, -0.1) is 0 Å². The molecule has 0 rings (SSSR count). The smallest absolute Gasteiger partial charge is 0.306 e. The second kappa shape index (κ2) is 56.4. The fourth-order valence-electron chi connectivity index (χ4n) is 8.02. The Morgan fingerprint density at radius 1 is 0.294 bits per heavy atom. The Hall–Kier alpha value is -3.15. The molecule has 0 saturated heterocycles. The van der Waals surface area contributed by atoms with Gasteiger partial charge >= 0.3 is 17.9 Å². The number of carbonyl (C=O) groups excluding carboxylic acids is 3. The molecule has 0 fully saturated rings. The Morgan fingerprint density at radius 2 is 0.559 bits per heavy atom. The summed E-state index contributed by atoms with van der Waals surface area (Å²) in [6, 6.07) is 0. The number of hydrogen-bond acceptors (Lipinski definition) is 6. The summed E-state index contributed by atoms with van der Waals surface area (Å²) in [5.74, 6) is -0.907. The van der Waals surface area contributed by atoms with Gasteiger partial charge in [-0.05, 0) is 103 Å². The lowest BCUT2D eigenvalue weighted by Crippen LogP contribution is -2.30. The lowest BCUT2D eigenvalue weighted by Gasteiger charge is -2.18. The number of hydrogen-bond donors (Lipinski definition) is 0. The van der Waals surface area contributed by atoms with Crippen LogP contribution in [-0.4, -0.2) is 37.2 Å². The van der Waals surface area contributed by atoms with E-state index in [4.69, 9.17) is 14.2 Å². The molecular formula is C62H108O6. The standard InChI is InChI=1S/C62H108O6/c1-4-7-10-13-16-19-22-24-25-26-27-28-29-30-31-32-33-34-35-36-37-39-40-43-46-49-52-55-61(64)67-58-59(57-66-60(63)54-51-48-45-42-21-18-15-12-9-6-3)68-62(65)56-53-50-47-44-41-38-23-20-17-14-11-8-5-2/h11-12,14-15,20,22-24,26-27,29-30,59H,4-10,13,16-19,21,25,28,31-58H2,1-3H3/b14-11-,15-12-,23-20-,24-22-,27-26-,30-29-. The minimum absolute atomic E-state index is 0.0842. The molecule has 0 amide bonds. The van der Waals surface area contributed by atoms with Crippen LogP contribution in [0.5, 0.6) is 0 Å². The van der Waals surface area contributed by atoms with E-state index in [0.29, 0.717) is 19.3 Å². The molecule has 0 aliphatic heterocycles. The Bertz CT molecular complexity index is 1270. The summed E-state index contributed by atoms with van der Waals surface area (Å²) in [6.45, 7) is 6.49. The summed E-state index contributed by atoms with van der Waals surface area (Å²) >= 11 is 0. The van der Waals surface area contributed by atoms with Crippen molar-refractivity contribution in [1.29, 1.82) is 0 Å². The van der Waals surface area contributed by atoms with Gasteiger partial charge in [0.25, 0.3) is 0 Å². The Balaban J connectivity index is 4.19. The number of carbonyl (C=O) groups is 3. The molecule has 0 saturated carbocycles. The molecule has 0 bridgehead atoms. The molecule has 392 valence electrons. The predicted octanol–water partition coefficient (Wildman–Crippen LogP) is 19.4. The van der Waals surface area contributed by atoms with Gasteiger partial charge in [0, 0.05) is 19.3 Å². The molecule has 0 aromatic carbocycles. The van der Waals surface area contributed by atoms with Gasteiger partial charge in [0.05, 0.1) is 0 Å². The number of esters is 3. The lowest BCUT2D eigenvalue weighted by molar-refractivity contribution is -0.167. The van der Waals surface area contributed by atoms with E-state index in [0.717, 1.165) is 116 Å². The summed E-state index contributed by atoms with van der Waals surface area (Å²) < 4.78 is 16.8. The first kappa shape index (κ1) is 64.8. The van der Waals surface area contributed by atoms with Crippen LogP contribution in [0.25, 0.3) is 0 Å². The minimum atomic E-state index is -0.785. The number of rotatable bonds is 52. The second-order valence-corrected chi connectivity index (χ2v) is 19.2. The minimum Gasteiger partial charge on any atom is -0.462 e. The first-order chi connectivity index (χ1) is 33.5. The van der Waals surface area contributed by atoms with Gasteiger partial charge in [0.1, 0.15) is 13.2 Å². The average Bonchev–Trinajstić information content (AvgIpc) is 3.34. The topological polar surface area (TPSA) is 78.9 Å². The highest BCUT2D eigenvalue weighted by Crippen LogP contribution is 2.15. The second-order valence-electron chi connectivity index (χ2n) is 19.2. The molecule has 1 unspecified atom stereocenters. The van der Waals surface area contributed by atoms with E-state index < -0.39 is 6.10 Å². The van der Waals surface area contributed by atoms with Crippen LogP contribution >= 0.6 is 0 Å². The van der Waals surface area contributed by atoms with Crippen LogP contribution in [0.1, 0.15) is 284 Å². The van der Waals surface area contributed by atoms with Crippen molar-refractivity contribution in [3.8, 4) is 0 Å². The van der Waals surface area contributed by atoms with Crippen LogP contribution in [0.2, 0.25) is 0 Å². The molecule has 68 heavy (non-hydrogen) atoms. The lowest BCUT2D eigenvalue weighted by atomic mass is 10.0. The summed E-state index contributed by atoms with van der Waals surface area (Å²) in [6.07, 6.45) is 72.0. The van der Waals surface area contributed by atoms with Crippen LogP contribution in [0.3, 0.4) is 0 Å². The van der Waals surface area contributed by atoms with Crippen LogP contribution in [0, 0.1) is 0 Å². The molecule has 0 heterocycles. The molecule has 0 aliphatic rings. The molecule has 6 nitrogen and oxygen atoms in total. The third-order valence-electron chi connectivity index (χ3n) is 12.4. The molecule has 0 aromatic heterocycles. The zero-order valence-electron chi connectivity index (χ0n) is 44.9. The van der Waals surface area contributed by atoms with E-state index in [2.05, 4.69) is 93.7 Å². The Kier molecular flexibility index (Phi) is 53.8. The fourth-order valence-corrected chi connectivity index (χ4v) is 8.02. The Morgan fingerprint density at radius 3 is 0.912 bits per heavy atom. The van der Waals surface area contributed by atoms with Crippen molar-refractivity contribution in [3.63, 3.8) is 0 Å². The van der Waals surface area contributed by atoms with Crippen molar-refractivity contribution < 1.29 is 28.6 Å². The highest BCUT2D eigenvalue weighted by molar-refractivity contribution is 5.71. The van der Waals surface area contributed by atoms with Gasteiger partial charge in [0.15, 0.2) is 6.10 Å². The predicted molar refractivity (Wildman–Crippen MR) is 293 cm³/mol. The monoisotopic (exact) mass is 949 g/mol. The van der Waals surface area contributed by atoms with Crippen molar-refractivity contribution >= 4 is 17.9 Å². The van der Waals surface area contributed by atoms with Gasteiger partial charge in [0.2, 0.25) is 0 Å². The summed E-state index contributed by atoms with van der Waals surface area (Å²) in [5, 5.41) is 0. The van der Waals surface area contributed by atoms with Gasteiger partial charge in [-0.25, -0.2) is 0 Å². The normalized spacial score (nSPS) is 12.6.